The third-order valence-electron chi connectivity index (χ3n) is 2.92. The fourth-order valence-electron chi connectivity index (χ4n) is 2.03. The first kappa shape index (κ1) is 13.3. The second-order valence-corrected chi connectivity index (χ2v) is 4.50. The molecule has 0 saturated carbocycles. The number of benzene rings is 2. The lowest BCUT2D eigenvalue weighted by atomic mass is 10.1. The zero-order valence-electron chi connectivity index (χ0n) is 11.4. The van der Waals surface area contributed by atoms with Crippen molar-refractivity contribution in [3.63, 3.8) is 0 Å². The van der Waals surface area contributed by atoms with Crippen molar-refractivity contribution in [3.05, 3.63) is 54.1 Å². The summed E-state index contributed by atoms with van der Waals surface area (Å²) in [6.45, 7) is 4.72. The van der Waals surface area contributed by atoms with Crippen LogP contribution in [-0.2, 0) is 0 Å². The summed E-state index contributed by atoms with van der Waals surface area (Å²) in [7, 11) is 0. The molecule has 0 aromatic heterocycles. The number of nitrogen functional groups attached to an aromatic ring is 1. The summed E-state index contributed by atoms with van der Waals surface area (Å²) in [5.41, 5.74) is 8.80. The Morgan fingerprint density at radius 3 is 2.58 bits per heavy atom. The average Bonchev–Trinajstić information content (AvgIpc) is 2.39. The monoisotopic (exact) mass is 256 g/mol. The van der Waals surface area contributed by atoms with Gasteiger partial charge in [-0.05, 0) is 25.5 Å². The van der Waals surface area contributed by atoms with Gasteiger partial charge in [-0.15, -0.1) is 0 Å². The highest BCUT2D eigenvalue weighted by molar-refractivity contribution is 5.59. The maximum absolute atomic E-state index is 5.88. The summed E-state index contributed by atoms with van der Waals surface area (Å²) in [6.07, 6.45) is 0. The predicted molar refractivity (Wildman–Crippen MR) is 80.5 cm³/mol. The number of nitrogens with one attached hydrogen (secondary N) is 1. The molecule has 0 spiro atoms. The zero-order chi connectivity index (χ0) is 13.7. The van der Waals surface area contributed by atoms with E-state index in [0.717, 1.165) is 11.4 Å². The first-order valence-corrected chi connectivity index (χ1v) is 6.54. The van der Waals surface area contributed by atoms with Gasteiger partial charge in [-0.25, -0.2) is 0 Å². The van der Waals surface area contributed by atoms with Gasteiger partial charge in [-0.2, -0.15) is 0 Å². The van der Waals surface area contributed by atoms with Crippen molar-refractivity contribution in [1.29, 1.82) is 0 Å². The second-order valence-electron chi connectivity index (χ2n) is 4.50. The molecule has 3 N–H and O–H groups in total. The van der Waals surface area contributed by atoms with E-state index >= 15 is 0 Å². The van der Waals surface area contributed by atoms with Crippen LogP contribution in [0.1, 0.15) is 25.5 Å². The molecule has 3 heteroatoms. The Morgan fingerprint density at radius 1 is 1.16 bits per heavy atom. The van der Waals surface area contributed by atoms with Gasteiger partial charge >= 0.3 is 0 Å². The minimum Gasteiger partial charge on any atom is -0.494 e. The van der Waals surface area contributed by atoms with Crippen LogP contribution in [0.3, 0.4) is 0 Å². The molecule has 0 aliphatic heterocycles. The molecule has 100 valence electrons. The maximum atomic E-state index is 5.88. The van der Waals surface area contributed by atoms with E-state index < -0.39 is 0 Å². The Balaban J connectivity index is 2.14. The summed E-state index contributed by atoms with van der Waals surface area (Å²) in [6, 6.07) is 16.3. The molecule has 0 amide bonds. The molecule has 0 heterocycles. The van der Waals surface area contributed by atoms with Gasteiger partial charge in [-0.3, -0.25) is 0 Å². The number of hydrogen-bond acceptors (Lipinski definition) is 3. The van der Waals surface area contributed by atoms with Crippen molar-refractivity contribution < 1.29 is 4.74 Å². The molecule has 0 radical (unpaired) electrons. The fraction of sp³-hybridized carbons (Fsp3) is 0.250. The Bertz CT molecular complexity index is 526. The quantitative estimate of drug-likeness (QED) is 0.799. The van der Waals surface area contributed by atoms with Crippen molar-refractivity contribution in [2.75, 3.05) is 17.7 Å². The minimum absolute atomic E-state index is 0.220. The molecule has 2 aromatic carbocycles. The van der Waals surface area contributed by atoms with Crippen LogP contribution in [0.25, 0.3) is 0 Å². The normalized spacial score (nSPS) is 11.9. The van der Waals surface area contributed by atoms with Gasteiger partial charge in [0.2, 0.25) is 0 Å². The van der Waals surface area contributed by atoms with E-state index in [1.807, 2.05) is 43.3 Å². The van der Waals surface area contributed by atoms with Crippen LogP contribution in [0.5, 0.6) is 5.75 Å². The van der Waals surface area contributed by atoms with Crippen LogP contribution in [-0.4, -0.2) is 6.61 Å². The number of nitrogens with two attached hydrogens (primary N) is 1. The van der Waals surface area contributed by atoms with Gasteiger partial charge < -0.3 is 15.8 Å². The Morgan fingerprint density at radius 2 is 1.89 bits per heavy atom. The predicted octanol–water partition coefficient (Wildman–Crippen LogP) is 3.84. The van der Waals surface area contributed by atoms with Crippen LogP contribution in [0, 0.1) is 0 Å². The summed E-state index contributed by atoms with van der Waals surface area (Å²) >= 11 is 0. The van der Waals surface area contributed by atoms with E-state index in [4.69, 9.17) is 10.5 Å². The highest BCUT2D eigenvalue weighted by Crippen LogP contribution is 2.26. The largest absolute Gasteiger partial charge is 0.494 e. The summed E-state index contributed by atoms with van der Waals surface area (Å²) < 4.78 is 5.49. The van der Waals surface area contributed by atoms with Crippen molar-refractivity contribution in [2.45, 2.75) is 19.9 Å². The molecule has 0 fully saturated rings. The van der Waals surface area contributed by atoms with Gasteiger partial charge in [0, 0.05) is 29.5 Å². The molecule has 2 aromatic rings. The van der Waals surface area contributed by atoms with Crippen molar-refractivity contribution in [2.24, 2.45) is 0 Å². The number of anilines is 2. The van der Waals surface area contributed by atoms with Crippen molar-refractivity contribution in [1.82, 2.24) is 0 Å². The molecular weight excluding hydrogens is 236 g/mol. The Hall–Kier alpha value is -2.16. The summed E-state index contributed by atoms with van der Waals surface area (Å²) in [5, 5.41) is 3.44. The third-order valence-corrected chi connectivity index (χ3v) is 2.92. The first-order chi connectivity index (χ1) is 9.19. The number of ether oxygens (including phenoxy) is 1. The van der Waals surface area contributed by atoms with Crippen LogP contribution in [0.15, 0.2) is 48.5 Å². The van der Waals surface area contributed by atoms with Crippen molar-refractivity contribution in [3.8, 4) is 5.75 Å². The Labute approximate surface area is 114 Å². The van der Waals surface area contributed by atoms with E-state index in [0.29, 0.717) is 12.3 Å². The van der Waals surface area contributed by atoms with E-state index in [-0.39, 0.29) is 6.04 Å². The van der Waals surface area contributed by atoms with Gasteiger partial charge in [0.15, 0.2) is 0 Å². The lowest BCUT2D eigenvalue weighted by Gasteiger charge is -2.17. The van der Waals surface area contributed by atoms with Crippen molar-refractivity contribution >= 4 is 11.4 Å². The fourth-order valence-corrected chi connectivity index (χ4v) is 2.03. The molecule has 19 heavy (non-hydrogen) atoms. The molecule has 1 unspecified atom stereocenters. The Kier molecular flexibility index (Phi) is 4.29. The molecule has 0 aliphatic carbocycles. The smallest absolute Gasteiger partial charge is 0.123 e. The highest BCUT2D eigenvalue weighted by Gasteiger charge is 2.06. The number of rotatable bonds is 5. The third kappa shape index (κ3) is 3.65. The van der Waals surface area contributed by atoms with Crippen LogP contribution in [0.2, 0.25) is 0 Å². The molecule has 0 aliphatic rings. The van der Waals surface area contributed by atoms with E-state index in [2.05, 4.69) is 24.4 Å². The molecule has 0 bridgehead atoms. The maximum Gasteiger partial charge on any atom is 0.123 e. The standard InChI is InChI=1S/C16H20N2O/c1-3-19-16-10-14(17)9-15(11-16)18-12(2)13-7-5-4-6-8-13/h4-12,18H,3,17H2,1-2H3. The lowest BCUT2D eigenvalue weighted by Crippen LogP contribution is -2.07. The van der Waals surface area contributed by atoms with Gasteiger partial charge in [0.05, 0.1) is 6.61 Å². The van der Waals surface area contributed by atoms with Crippen LogP contribution >= 0.6 is 0 Å². The van der Waals surface area contributed by atoms with Gasteiger partial charge in [-0.1, -0.05) is 30.3 Å². The zero-order valence-corrected chi connectivity index (χ0v) is 11.4. The van der Waals surface area contributed by atoms with E-state index in [1.165, 1.54) is 5.56 Å². The van der Waals surface area contributed by atoms with Gasteiger partial charge in [0.1, 0.15) is 5.75 Å². The highest BCUT2D eigenvalue weighted by atomic mass is 16.5. The van der Waals surface area contributed by atoms with Crippen LogP contribution in [0.4, 0.5) is 11.4 Å². The molecule has 1 atom stereocenters. The average molecular weight is 256 g/mol. The second kappa shape index (κ2) is 6.14. The summed E-state index contributed by atoms with van der Waals surface area (Å²) in [4.78, 5) is 0. The van der Waals surface area contributed by atoms with E-state index in [1.54, 1.807) is 0 Å². The topological polar surface area (TPSA) is 47.3 Å². The lowest BCUT2D eigenvalue weighted by molar-refractivity contribution is 0.340. The summed E-state index contributed by atoms with van der Waals surface area (Å²) in [5.74, 6) is 0.797. The molecular formula is C16H20N2O. The van der Waals surface area contributed by atoms with E-state index in [9.17, 15) is 0 Å². The minimum atomic E-state index is 0.220. The molecule has 2 rings (SSSR count). The van der Waals surface area contributed by atoms with Gasteiger partial charge in [0.25, 0.3) is 0 Å². The number of hydrogen-bond donors (Lipinski definition) is 2. The molecule has 3 nitrogen and oxygen atoms in total. The molecule has 0 saturated heterocycles. The SMILES string of the molecule is CCOc1cc(N)cc(NC(C)c2ccccc2)c1. The first-order valence-electron chi connectivity index (χ1n) is 6.54. The van der Waals surface area contributed by atoms with Crippen LogP contribution < -0.4 is 15.8 Å².